The standard InChI is InChI=1S/C47H83N7O12/c1-42(2)55-19-31(20-56-42)37(32-21-57-43(3,4)58-22-32)13-15-48-39-51-40(49-16-14-38(33-23-59-44(5,6)60-24-33)34-25-61-45(7,8)62-26-34)53-41(52-39)50-17-18-54(35-27-63-46(9,10)64-28-35)36-29-65-47(11,12)66-30-36/h31-38H,13-30H2,1-12H3,(H3,48,49,50,51,52,53). The minimum Gasteiger partial charge on any atom is -0.354 e. The molecule has 0 amide bonds. The number of rotatable bonds is 18. The van der Waals surface area contributed by atoms with Crippen LogP contribution in [0.5, 0.6) is 0 Å². The van der Waals surface area contributed by atoms with Gasteiger partial charge in [0.1, 0.15) is 0 Å². The van der Waals surface area contributed by atoms with E-state index >= 15 is 0 Å². The molecule has 6 aliphatic heterocycles. The quantitative estimate of drug-likeness (QED) is 0.171. The first kappa shape index (κ1) is 51.7. The fraction of sp³-hybridized carbons (Fsp3) is 0.936. The van der Waals surface area contributed by atoms with Crippen LogP contribution in [0.15, 0.2) is 0 Å². The molecule has 6 fully saturated rings. The number of nitrogens with one attached hydrogen (secondary N) is 3. The zero-order valence-electron chi connectivity index (χ0n) is 42.0. The molecule has 66 heavy (non-hydrogen) atoms. The van der Waals surface area contributed by atoms with Gasteiger partial charge < -0.3 is 72.8 Å². The minimum atomic E-state index is -0.632. The average molecular weight is 938 g/mol. The monoisotopic (exact) mass is 938 g/mol. The lowest BCUT2D eigenvalue weighted by molar-refractivity contribution is -0.290. The van der Waals surface area contributed by atoms with Gasteiger partial charge in [0.05, 0.1) is 91.4 Å². The molecular weight excluding hydrogens is 855 g/mol. The number of ether oxygens (including phenoxy) is 12. The summed E-state index contributed by atoms with van der Waals surface area (Å²) in [5, 5.41) is 10.6. The fourth-order valence-corrected chi connectivity index (χ4v) is 9.55. The van der Waals surface area contributed by atoms with Crippen molar-refractivity contribution in [3.63, 3.8) is 0 Å². The van der Waals surface area contributed by atoms with Crippen molar-refractivity contribution in [2.24, 2.45) is 35.5 Å². The number of nitrogens with zero attached hydrogens (tertiary/aromatic N) is 4. The molecule has 1 aromatic rings. The number of anilines is 3. The van der Waals surface area contributed by atoms with Gasteiger partial charge in [-0.25, -0.2) is 0 Å². The second-order valence-electron chi connectivity index (χ2n) is 21.7. The van der Waals surface area contributed by atoms with Gasteiger partial charge in [0.15, 0.2) is 34.7 Å². The van der Waals surface area contributed by atoms with Crippen LogP contribution < -0.4 is 16.0 Å². The van der Waals surface area contributed by atoms with Gasteiger partial charge in [0.25, 0.3) is 0 Å². The van der Waals surface area contributed by atoms with Crippen LogP contribution in [0.4, 0.5) is 17.8 Å². The molecule has 0 saturated carbocycles. The van der Waals surface area contributed by atoms with Gasteiger partial charge in [-0.1, -0.05) is 0 Å². The van der Waals surface area contributed by atoms with Crippen LogP contribution in [0.1, 0.15) is 95.9 Å². The van der Waals surface area contributed by atoms with E-state index in [0.717, 1.165) is 12.8 Å². The van der Waals surface area contributed by atoms with E-state index in [1.807, 2.05) is 83.1 Å². The summed E-state index contributed by atoms with van der Waals surface area (Å²) in [5.74, 6) is -1.18. The van der Waals surface area contributed by atoms with Crippen LogP contribution in [0.25, 0.3) is 0 Å². The summed E-state index contributed by atoms with van der Waals surface area (Å²) in [6.07, 6.45) is 1.61. The SMILES string of the molecule is CC1(C)OCC(C(CCNc2nc(NCCC(C3COC(C)(C)OC3)C3COC(C)(C)OC3)nc(NCCN(C3COC(C)(C)OC3)C3COC(C)(C)OC3)n2)C2COC(C)(C)OC2)CO1. The minimum absolute atomic E-state index is 0.0149. The predicted octanol–water partition coefficient (Wildman–Crippen LogP) is 5.32. The Bertz CT molecular complexity index is 1360. The van der Waals surface area contributed by atoms with Crippen molar-refractivity contribution in [3.8, 4) is 0 Å². The largest absolute Gasteiger partial charge is 0.354 e. The summed E-state index contributed by atoms with van der Waals surface area (Å²) in [6.45, 7) is 32.8. The molecule has 0 unspecified atom stereocenters. The third-order valence-corrected chi connectivity index (χ3v) is 13.8. The Balaban J connectivity index is 1.05. The Labute approximate surface area is 393 Å². The Hall–Kier alpha value is -2.11. The summed E-state index contributed by atoms with van der Waals surface area (Å²) < 4.78 is 73.7. The molecule has 6 saturated heterocycles. The smallest absolute Gasteiger partial charge is 0.229 e. The molecular formula is C47H83N7O12. The van der Waals surface area contributed by atoms with Crippen molar-refractivity contribution in [2.75, 3.05) is 121 Å². The Morgan fingerprint density at radius 2 is 0.606 bits per heavy atom. The lowest BCUT2D eigenvalue weighted by Crippen LogP contribution is -2.59. The maximum atomic E-state index is 6.15. The third-order valence-electron chi connectivity index (χ3n) is 13.8. The number of hydrogen-bond acceptors (Lipinski definition) is 19. The second-order valence-corrected chi connectivity index (χ2v) is 21.7. The van der Waals surface area contributed by atoms with Crippen LogP contribution in [-0.4, -0.2) is 172 Å². The van der Waals surface area contributed by atoms with Crippen molar-refractivity contribution in [2.45, 2.75) is 143 Å². The third kappa shape index (κ3) is 14.9. The molecule has 0 radical (unpaired) electrons. The summed E-state index contributed by atoms with van der Waals surface area (Å²) >= 11 is 0. The first-order chi connectivity index (χ1) is 31.0. The van der Waals surface area contributed by atoms with E-state index in [1.54, 1.807) is 0 Å². The van der Waals surface area contributed by atoms with Crippen molar-refractivity contribution in [3.05, 3.63) is 0 Å². The van der Waals surface area contributed by atoms with Gasteiger partial charge >= 0.3 is 0 Å². The zero-order chi connectivity index (χ0) is 47.4. The van der Waals surface area contributed by atoms with E-state index in [4.69, 9.17) is 71.8 Å². The van der Waals surface area contributed by atoms with Crippen LogP contribution in [0, 0.1) is 35.5 Å². The van der Waals surface area contributed by atoms with Gasteiger partial charge in [0, 0.05) is 49.9 Å². The Kier molecular flexibility index (Phi) is 16.8. The Morgan fingerprint density at radius 1 is 0.379 bits per heavy atom. The van der Waals surface area contributed by atoms with Gasteiger partial charge in [0.2, 0.25) is 17.8 Å². The number of aromatic nitrogens is 3. The first-order valence-electron chi connectivity index (χ1n) is 24.4. The van der Waals surface area contributed by atoms with E-state index in [2.05, 4.69) is 20.9 Å². The van der Waals surface area contributed by atoms with Gasteiger partial charge in [-0.3, -0.25) is 4.90 Å². The van der Waals surface area contributed by atoms with Crippen LogP contribution in [-0.2, 0) is 56.8 Å². The molecule has 3 N–H and O–H groups in total. The molecule has 6 aliphatic rings. The highest BCUT2D eigenvalue weighted by atomic mass is 16.7. The fourth-order valence-electron chi connectivity index (χ4n) is 9.55. The molecule has 19 heteroatoms. The summed E-state index contributed by atoms with van der Waals surface area (Å²) in [6, 6.07) is 0.0298. The molecule has 378 valence electrons. The molecule has 7 heterocycles. The van der Waals surface area contributed by atoms with Crippen LogP contribution in [0.2, 0.25) is 0 Å². The predicted molar refractivity (Wildman–Crippen MR) is 246 cm³/mol. The highest BCUT2D eigenvalue weighted by molar-refractivity contribution is 5.42. The van der Waals surface area contributed by atoms with Crippen molar-refractivity contribution in [1.29, 1.82) is 0 Å². The van der Waals surface area contributed by atoms with Crippen LogP contribution >= 0.6 is 0 Å². The molecule has 7 rings (SSSR count). The maximum Gasteiger partial charge on any atom is 0.229 e. The summed E-state index contributed by atoms with van der Waals surface area (Å²) in [5.41, 5.74) is 0. The van der Waals surface area contributed by atoms with E-state index in [9.17, 15) is 0 Å². The van der Waals surface area contributed by atoms with Gasteiger partial charge in [-0.05, 0) is 108 Å². The van der Waals surface area contributed by atoms with Crippen molar-refractivity contribution < 1.29 is 56.8 Å². The lowest BCUT2D eigenvalue weighted by atomic mass is 9.79. The highest BCUT2D eigenvalue weighted by Crippen LogP contribution is 2.37. The van der Waals surface area contributed by atoms with Crippen molar-refractivity contribution >= 4 is 17.8 Å². The normalized spacial score (nSPS) is 26.8. The summed E-state index contributed by atoms with van der Waals surface area (Å²) in [4.78, 5) is 17.1. The average Bonchev–Trinajstić information content (AvgIpc) is 3.24. The molecule has 19 nitrogen and oxygen atoms in total. The van der Waals surface area contributed by atoms with E-state index in [1.165, 1.54) is 0 Å². The number of hydrogen-bond donors (Lipinski definition) is 3. The first-order valence-corrected chi connectivity index (χ1v) is 24.4. The van der Waals surface area contributed by atoms with E-state index in [-0.39, 0.29) is 47.6 Å². The molecule has 1 aromatic heterocycles. The molecule has 0 aromatic carbocycles. The molecule has 0 spiro atoms. The zero-order valence-corrected chi connectivity index (χ0v) is 42.0. The van der Waals surface area contributed by atoms with E-state index < -0.39 is 34.7 Å². The summed E-state index contributed by atoms with van der Waals surface area (Å²) in [7, 11) is 0. The second kappa shape index (κ2) is 21.5. The molecule has 0 bridgehead atoms. The molecule has 0 aliphatic carbocycles. The molecule has 0 atom stereocenters. The maximum absolute atomic E-state index is 6.15. The topological polar surface area (TPSA) is 189 Å². The van der Waals surface area contributed by atoms with E-state index in [0.29, 0.717) is 123 Å². The van der Waals surface area contributed by atoms with Crippen molar-refractivity contribution in [1.82, 2.24) is 19.9 Å². The highest BCUT2D eigenvalue weighted by Gasteiger charge is 2.42. The van der Waals surface area contributed by atoms with Gasteiger partial charge in [-0.15, -0.1) is 0 Å². The van der Waals surface area contributed by atoms with Gasteiger partial charge in [-0.2, -0.15) is 15.0 Å². The Morgan fingerprint density at radius 3 is 0.864 bits per heavy atom. The van der Waals surface area contributed by atoms with Crippen LogP contribution in [0.3, 0.4) is 0 Å². The lowest BCUT2D eigenvalue weighted by Gasteiger charge is -2.46.